The molecule has 0 saturated carbocycles. The largest absolute Gasteiger partial charge is 0.408 e. The Hall–Kier alpha value is -2.77. The molecule has 6 nitrogen and oxygen atoms in total. The Morgan fingerprint density at radius 1 is 1.19 bits per heavy atom. The summed E-state index contributed by atoms with van der Waals surface area (Å²) in [5.41, 5.74) is 9.69. The molecule has 32 heavy (non-hydrogen) atoms. The van der Waals surface area contributed by atoms with E-state index in [9.17, 15) is 4.79 Å². The summed E-state index contributed by atoms with van der Waals surface area (Å²) >= 11 is 0. The number of aromatic nitrogens is 3. The molecule has 3 aromatic rings. The van der Waals surface area contributed by atoms with Crippen LogP contribution in [0.3, 0.4) is 0 Å². The van der Waals surface area contributed by atoms with Crippen LogP contribution >= 0.6 is 0 Å². The zero-order valence-electron chi connectivity index (χ0n) is 20.2. The minimum atomic E-state index is -1.99. The minimum Gasteiger partial charge on any atom is -0.408 e. The van der Waals surface area contributed by atoms with Crippen LogP contribution in [0.4, 0.5) is 5.82 Å². The highest BCUT2D eigenvalue weighted by Gasteiger charge is 2.39. The van der Waals surface area contributed by atoms with Crippen molar-refractivity contribution in [2.45, 2.75) is 58.4 Å². The molecule has 0 aliphatic carbocycles. The summed E-state index contributed by atoms with van der Waals surface area (Å²) in [7, 11) is -0.245. The van der Waals surface area contributed by atoms with Crippen LogP contribution in [-0.2, 0) is 11.5 Å². The van der Waals surface area contributed by atoms with E-state index in [2.05, 4.69) is 45.4 Å². The number of aryl methyl sites for hydroxylation is 2. The monoisotopic (exact) mass is 450 g/mol. The van der Waals surface area contributed by atoms with E-state index in [-0.39, 0.29) is 16.7 Å². The van der Waals surface area contributed by atoms with Crippen molar-refractivity contribution in [2.24, 2.45) is 7.05 Å². The molecule has 0 spiro atoms. The fraction of sp³-hybridized carbons (Fsp3) is 0.400. The molecule has 1 atom stereocenters. The van der Waals surface area contributed by atoms with E-state index in [1.807, 2.05) is 25.1 Å². The predicted octanol–water partition coefficient (Wildman–Crippen LogP) is 5.53. The second kappa shape index (κ2) is 8.63. The second-order valence-corrected chi connectivity index (χ2v) is 14.7. The van der Waals surface area contributed by atoms with Gasteiger partial charge in [0.15, 0.2) is 8.32 Å². The number of rotatable bonds is 6. The summed E-state index contributed by atoms with van der Waals surface area (Å²) in [5, 5.41) is 0.946. The standard InChI is InChI=1S/C25H34N4O2Si/c1-9-10-22(31-32(7,8)25(3,4)5)20-11-16(2)19(15-27-20)18-12-17-14-28-23(26)13-21(17)29(6)24(18)30/h9,11-15,22H,1,10H2,2-8H3,(H2,26,28). The van der Waals surface area contributed by atoms with Crippen LogP contribution in [0.15, 0.2) is 48.0 Å². The van der Waals surface area contributed by atoms with E-state index < -0.39 is 8.32 Å². The zero-order chi connectivity index (χ0) is 23.8. The highest BCUT2D eigenvalue weighted by Crippen LogP contribution is 2.40. The first-order chi connectivity index (χ1) is 14.9. The maximum absolute atomic E-state index is 13.1. The molecule has 0 aliphatic heterocycles. The average molecular weight is 451 g/mol. The van der Waals surface area contributed by atoms with E-state index in [1.54, 1.807) is 30.1 Å². The molecule has 3 heterocycles. The van der Waals surface area contributed by atoms with Crippen LogP contribution in [0.1, 0.15) is 44.6 Å². The number of nitrogens with two attached hydrogens (primary N) is 1. The summed E-state index contributed by atoms with van der Waals surface area (Å²) in [6.45, 7) is 17.1. The van der Waals surface area contributed by atoms with Gasteiger partial charge in [0, 0.05) is 42.0 Å². The first-order valence-corrected chi connectivity index (χ1v) is 13.8. The van der Waals surface area contributed by atoms with Gasteiger partial charge in [0.25, 0.3) is 5.56 Å². The third-order valence-electron chi connectivity index (χ3n) is 6.51. The van der Waals surface area contributed by atoms with Gasteiger partial charge in [-0.15, -0.1) is 6.58 Å². The van der Waals surface area contributed by atoms with E-state index in [0.29, 0.717) is 17.8 Å². The molecule has 2 N–H and O–H groups in total. The number of hydrogen-bond donors (Lipinski definition) is 1. The van der Waals surface area contributed by atoms with Crippen molar-refractivity contribution < 1.29 is 4.43 Å². The number of pyridine rings is 3. The Bertz CT molecular complexity index is 1230. The van der Waals surface area contributed by atoms with Crippen LogP contribution in [0.25, 0.3) is 22.0 Å². The number of nitrogens with zero attached hydrogens (tertiary/aromatic N) is 3. The second-order valence-electron chi connectivity index (χ2n) is 9.91. The average Bonchev–Trinajstić information content (AvgIpc) is 2.70. The summed E-state index contributed by atoms with van der Waals surface area (Å²) in [6.07, 6.45) is 5.87. The van der Waals surface area contributed by atoms with Gasteiger partial charge in [-0.1, -0.05) is 26.8 Å². The zero-order valence-corrected chi connectivity index (χ0v) is 21.2. The Kier molecular flexibility index (Phi) is 6.44. The minimum absolute atomic E-state index is 0.0934. The van der Waals surface area contributed by atoms with Crippen molar-refractivity contribution in [1.82, 2.24) is 14.5 Å². The van der Waals surface area contributed by atoms with Crippen molar-refractivity contribution in [2.75, 3.05) is 5.73 Å². The number of anilines is 1. The molecule has 3 aromatic heterocycles. The van der Waals surface area contributed by atoms with Crippen LogP contribution in [-0.4, -0.2) is 22.9 Å². The summed E-state index contributed by atoms with van der Waals surface area (Å²) in [5.74, 6) is 0.387. The molecule has 0 amide bonds. The van der Waals surface area contributed by atoms with Gasteiger partial charge in [-0.3, -0.25) is 9.78 Å². The molecule has 1 unspecified atom stereocenters. The van der Waals surface area contributed by atoms with Gasteiger partial charge in [-0.25, -0.2) is 4.98 Å². The van der Waals surface area contributed by atoms with E-state index >= 15 is 0 Å². The molecule has 170 valence electrons. The molecular weight excluding hydrogens is 416 g/mol. The summed E-state index contributed by atoms with van der Waals surface area (Å²) in [4.78, 5) is 22.0. The maximum Gasteiger partial charge on any atom is 0.258 e. The fourth-order valence-corrected chi connectivity index (χ4v) is 4.80. The smallest absolute Gasteiger partial charge is 0.258 e. The number of fused-ring (bicyclic) bond motifs is 1. The Morgan fingerprint density at radius 2 is 1.88 bits per heavy atom. The highest BCUT2D eigenvalue weighted by molar-refractivity contribution is 6.74. The van der Waals surface area contributed by atoms with Crippen molar-refractivity contribution in [1.29, 1.82) is 0 Å². The van der Waals surface area contributed by atoms with Crippen molar-refractivity contribution >= 4 is 25.0 Å². The van der Waals surface area contributed by atoms with E-state index in [4.69, 9.17) is 15.1 Å². The number of nitrogen functional groups attached to an aromatic ring is 1. The van der Waals surface area contributed by atoms with Crippen molar-refractivity contribution in [3.63, 3.8) is 0 Å². The Balaban J connectivity index is 2.06. The molecule has 0 aromatic carbocycles. The lowest BCUT2D eigenvalue weighted by Gasteiger charge is -2.39. The normalized spacial score (nSPS) is 13.3. The highest BCUT2D eigenvalue weighted by atomic mass is 28.4. The molecule has 7 heteroatoms. The van der Waals surface area contributed by atoms with Gasteiger partial charge in [0.1, 0.15) is 5.82 Å². The predicted molar refractivity (Wildman–Crippen MR) is 135 cm³/mol. The van der Waals surface area contributed by atoms with E-state index in [0.717, 1.165) is 27.7 Å². The molecule has 0 fully saturated rings. The third kappa shape index (κ3) is 4.54. The molecular formula is C25H34N4O2Si. The van der Waals surface area contributed by atoms with Gasteiger partial charge in [-0.05, 0) is 49.2 Å². The Labute approximate surface area is 191 Å². The Morgan fingerprint density at radius 3 is 2.47 bits per heavy atom. The van der Waals surface area contributed by atoms with Gasteiger partial charge < -0.3 is 14.7 Å². The molecule has 0 radical (unpaired) electrons. The van der Waals surface area contributed by atoms with Gasteiger partial charge in [0.05, 0.1) is 17.3 Å². The lowest BCUT2D eigenvalue weighted by atomic mass is 10.0. The quantitative estimate of drug-likeness (QED) is 0.395. The molecule has 3 rings (SSSR count). The molecule has 0 bridgehead atoms. The summed E-state index contributed by atoms with van der Waals surface area (Å²) in [6, 6.07) is 5.61. The van der Waals surface area contributed by atoms with Crippen LogP contribution in [0, 0.1) is 6.92 Å². The van der Waals surface area contributed by atoms with Gasteiger partial charge in [0.2, 0.25) is 0 Å². The summed E-state index contributed by atoms with van der Waals surface area (Å²) < 4.78 is 8.27. The SMILES string of the molecule is C=CCC(O[Si](C)(C)C(C)(C)C)c1cc(C)c(-c2cc3cnc(N)cc3n(C)c2=O)cn1. The lowest BCUT2D eigenvalue weighted by Crippen LogP contribution is -2.41. The first kappa shape index (κ1) is 23.9. The molecule has 0 aliphatic rings. The lowest BCUT2D eigenvalue weighted by molar-refractivity contribution is 0.182. The number of hydrogen-bond acceptors (Lipinski definition) is 5. The topological polar surface area (TPSA) is 83.0 Å². The van der Waals surface area contributed by atoms with Crippen LogP contribution in [0.5, 0.6) is 0 Å². The maximum atomic E-state index is 13.1. The molecule has 0 saturated heterocycles. The van der Waals surface area contributed by atoms with E-state index in [1.165, 1.54) is 0 Å². The van der Waals surface area contributed by atoms with Crippen molar-refractivity contribution in [3.05, 3.63) is 64.9 Å². The fourth-order valence-electron chi connectivity index (χ4n) is 3.52. The van der Waals surface area contributed by atoms with Gasteiger partial charge in [-0.2, -0.15) is 0 Å². The first-order valence-electron chi connectivity index (χ1n) is 10.9. The van der Waals surface area contributed by atoms with Crippen molar-refractivity contribution in [3.8, 4) is 11.1 Å². The third-order valence-corrected chi connectivity index (χ3v) is 11.0. The van der Waals surface area contributed by atoms with Gasteiger partial charge >= 0.3 is 0 Å². The van der Waals surface area contributed by atoms with Crippen LogP contribution in [0.2, 0.25) is 18.1 Å². The van der Waals surface area contributed by atoms with Crippen LogP contribution < -0.4 is 11.3 Å².